The molecule has 10 heteroatoms. The predicted octanol–water partition coefficient (Wildman–Crippen LogP) is 2.66. The molecule has 142 valence electrons. The summed E-state index contributed by atoms with van der Waals surface area (Å²) >= 11 is 7.33. The molecule has 3 aromatic rings. The van der Waals surface area contributed by atoms with Gasteiger partial charge < -0.3 is 9.64 Å². The molecule has 3 rings (SSSR count). The van der Waals surface area contributed by atoms with Crippen molar-refractivity contribution >= 4 is 40.6 Å². The van der Waals surface area contributed by atoms with Crippen molar-refractivity contribution in [1.82, 2.24) is 24.5 Å². The number of hydrogen-bond acceptors (Lipinski definition) is 7. The molecule has 0 spiro atoms. The number of fused-ring (bicyclic) bond motifs is 1. The fourth-order valence-corrected chi connectivity index (χ4v) is 3.64. The van der Waals surface area contributed by atoms with Gasteiger partial charge in [0.05, 0.1) is 10.9 Å². The Morgan fingerprint density at radius 1 is 1.30 bits per heavy atom. The Morgan fingerprint density at radius 2 is 2.07 bits per heavy atom. The molecule has 0 aliphatic rings. The molecule has 0 unspecified atom stereocenters. The van der Waals surface area contributed by atoms with Crippen LogP contribution in [0.2, 0.25) is 4.34 Å². The maximum Gasteiger partial charge on any atom is 0.378 e. The van der Waals surface area contributed by atoms with Crippen molar-refractivity contribution < 1.29 is 14.3 Å². The molecule has 0 fully saturated rings. The van der Waals surface area contributed by atoms with Gasteiger partial charge in [-0.05, 0) is 39.0 Å². The van der Waals surface area contributed by atoms with Gasteiger partial charge in [-0.3, -0.25) is 4.79 Å². The van der Waals surface area contributed by atoms with E-state index in [9.17, 15) is 9.59 Å². The van der Waals surface area contributed by atoms with Crippen LogP contribution in [0.1, 0.15) is 33.8 Å². The predicted molar refractivity (Wildman–Crippen MR) is 101 cm³/mol. The number of aryl methyl sites for hydroxylation is 2. The van der Waals surface area contributed by atoms with Crippen molar-refractivity contribution in [2.75, 3.05) is 13.2 Å². The highest BCUT2D eigenvalue weighted by Crippen LogP contribution is 2.22. The summed E-state index contributed by atoms with van der Waals surface area (Å²) < 4.78 is 7.22. The molecule has 3 heterocycles. The minimum Gasteiger partial charge on any atom is -0.450 e. The molecule has 0 bridgehead atoms. The number of carbonyl (C=O) groups is 2. The molecule has 0 aliphatic heterocycles. The summed E-state index contributed by atoms with van der Waals surface area (Å²) in [6.07, 6.45) is 0. The Labute approximate surface area is 164 Å². The second kappa shape index (κ2) is 8.01. The normalized spacial score (nSPS) is 11.0. The Balaban J connectivity index is 1.63. The highest BCUT2D eigenvalue weighted by molar-refractivity contribution is 7.16. The number of rotatable bonds is 6. The number of aromatic nitrogens is 4. The van der Waals surface area contributed by atoms with Crippen LogP contribution in [-0.2, 0) is 16.1 Å². The molecular formula is C17H18ClN5O3S. The Bertz CT molecular complexity index is 1000. The van der Waals surface area contributed by atoms with Crippen LogP contribution in [0.25, 0.3) is 5.78 Å². The van der Waals surface area contributed by atoms with E-state index in [2.05, 4.69) is 15.1 Å². The Kier molecular flexibility index (Phi) is 5.71. The molecule has 0 aliphatic carbocycles. The smallest absolute Gasteiger partial charge is 0.378 e. The number of thiophene rings is 1. The SMILES string of the molecule is CCN(Cc1ccc(Cl)s1)C(=O)COC(=O)c1nc2nc(C)cc(C)n2n1. The minimum atomic E-state index is -0.763. The van der Waals surface area contributed by atoms with Gasteiger partial charge in [0.2, 0.25) is 0 Å². The molecule has 0 N–H and O–H groups in total. The van der Waals surface area contributed by atoms with Crippen LogP contribution in [0, 0.1) is 13.8 Å². The average Bonchev–Trinajstić information content (AvgIpc) is 3.23. The first-order valence-electron chi connectivity index (χ1n) is 8.27. The number of nitrogens with zero attached hydrogens (tertiary/aromatic N) is 5. The standard InChI is InChI=1S/C17H18ClN5O3S/c1-4-22(8-12-5-6-13(18)27-12)14(24)9-26-16(25)15-20-17-19-10(2)7-11(3)23(17)21-15/h5-7H,4,8-9H2,1-3H3. The van der Waals surface area contributed by atoms with Crippen molar-refractivity contribution in [3.63, 3.8) is 0 Å². The molecule has 0 atom stereocenters. The van der Waals surface area contributed by atoms with Crippen molar-refractivity contribution in [3.05, 3.63) is 44.6 Å². The molecule has 27 heavy (non-hydrogen) atoms. The van der Waals surface area contributed by atoms with Crippen LogP contribution >= 0.6 is 22.9 Å². The third-order valence-corrected chi connectivity index (χ3v) is 5.05. The van der Waals surface area contributed by atoms with Gasteiger partial charge in [0.1, 0.15) is 0 Å². The van der Waals surface area contributed by atoms with Gasteiger partial charge in [-0.15, -0.1) is 16.4 Å². The molecule has 0 aromatic carbocycles. The summed E-state index contributed by atoms with van der Waals surface area (Å²) in [6.45, 7) is 6.05. The number of carbonyl (C=O) groups excluding carboxylic acids is 2. The number of halogens is 1. The van der Waals surface area contributed by atoms with Crippen molar-refractivity contribution in [2.45, 2.75) is 27.3 Å². The largest absolute Gasteiger partial charge is 0.450 e. The Hall–Kier alpha value is -2.52. The Morgan fingerprint density at radius 3 is 2.74 bits per heavy atom. The summed E-state index contributed by atoms with van der Waals surface area (Å²) in [5.41, 5.74) is 1.57. The topological polar surface area (TPSA) is 89.7 Å². The first-order valence-corrected chi connectivity index (χ1v) is 9.47. The summed E-state index contributed by atoms with van der Waals surface area (Å²) in [5.74, 6) is -0.877. The van der Waals surface area contributed by atoms with Gasteiger partial charge in [-0.2, -0.15) is 4.98 Å². The van der Waals surface area contributed by atoms with E-state index >= 15 is 0 Å². The highest BCUT2D eigenvalue weighted by atomic mass is 35.5. The maximum atomic E-state index is 12.4. The molecule has 8 nitrogen and oxygen atoms in total. The lowest BCUT2D eigenvalue weighted by Crippen LogP contribution is -2.34. The lowest BCUT2D eigenvalue weighted by molar-refractivity contribution is -0.134. The van der Waals surface area contributed by atoms with Crippen molar-refractivity contribution in [1.29, 1.82) is 0 Å². The second-order valence-electron chi connectivity index (χ2n) is 5.88. The average molecular weight is 408 g/mol. The number of likely N-dealkylation sites (N-methyl/N-ethyl adjacent to an activating group) is 1. The number of esters is 1. The van der Waals surface area contributed by atoms with Crippen molar-refractivity contribution in [2.24, 2.45) is 0 Å². The summed E-state index contributed by atoms with van der Waals surface area (Å²) in [7, 11) is 0. The van der Waals surface area contributed by atoms with E-state index in [1.807, 2.05) is 32.9 Å². The van der Waals surface area contributed by atoms with Crippen LogP contribution in [0.5, 0.6) is 0 Å². The number of amides is 1. The van der Waals surface area contributed by atoms with Crippen LogP contribution in [-0.4, -0.2) is 49.5 Å². The van der Waals surface area contributed by atoms with E-state index < -0.39 is 5.97 Å². The lowest BCUT2D eigenvalue weighted by atomic mass is 10.4. The van der Waals surface area contributed by atoms with E-state index in [1.54, 1.807) is 11.0 Å². The van der Waals surface area contributed by atoms with Gasteiger partial charge in [0.25, 0.3) is 17.5 Å². The van der Waals surface area contributed by atoms with Crippen LogP contribution in [0.3, 0.4) is 0 Å². The summed E-state index contributed by atoms with van der Waals surface area (Å²) in [6, 6.07) is 5.48. The molecule has 0 radical (unpaired) electrons. The zero-order valence-corrected chi connectivity index (χ0v) is 16.7. The van der Waals surface area contributed by atoms with E-state index in [1.165, 1.54) is 15.9 Å². The van der Waals surface area contributed by atoms with E-state index in [0.717, 1.165) is 16.3 Å². The lowest BCUT2D eigenvalue weighted by Gasteiger charge is -2.19. The van der Waals surface area contributed by atoms with Gasteiger partial charge in [0, 0.05) is 22.8 Å². The zero-order chi connectivity index (χ0) is 19.6. The molecule has 3 aromatic heterocycles. The van der Waals surface area contributed by atoms with E-state index in [0.29, 0.717) is 23.2 Å². The molecule has 0 saturated carbocycles. The van der Waals surface area contributed by atoms with Gasteiger partial charge >= 0.3 is 5.97 Å². The molecule has 1 amide bonds. The third kappa shape index (κ3) is 4.42. The first-order chi connectivity index (χ1) is 12.9. The quantitative estimate of drug-likeness (QED) is 0.583. The van der Waals surface area contributed by atoms with E-state index in [-0.39, 0.29) is 18.3 Å². The second-order valence-corrected chi connectivity index (χ2v) is 7.68. The van der Waals surface area contributed by atoms with Crippen LogP contribution in [0.4, 0.5) is 0 Å². The summed E-state index contributed by atoms with van der Waals surface area (Å²) in [5, 5.41) is 4.10. The zero-order valence-electron chi connectivity index (χ0n) is 15.1. The molecular weight excluding hydrogens is 390 g/mol. The highest BCUT2D eigenvalue weighted by Gasteiger charge is 2.20. The maximum absolute atomic E-state index is 12.4. The van der Waals surface area contributed by atoms with E-state index in [4.69, 9.17) is 16.3 Å². The fourth-order valence-electron chi connectivity index (χ4n) is 2.54. The monoisotopic (exact) mass is 407 g/mol. The third-order valence-electron chi connectivity index (χ3n) is 3.84. The van der Waals surface area contributed by atoms with Crippen LogP contribution < -0.4 is 0 Å². The number of hydrogen-bond donors (Lipinski definition) is 0. The van der Waals surface area contributed by atoms with Gasteiger partial charge in [-0.25, -0.2) is 14.3 Å². The van der Waals surface area contributed by atoms with Gasteiger partial charge in [0.15, 0.2) is 6.61 Å². The van der Waals surface area contributed by atoms with Crippen LogP contribution in [0.15, 0.2) is 18.2 Å². The minimum absolute atomic E-state index is 0.128. The molecule has 0 saturated heterocycles. The number of ether oxygens (including phenoxy) is 1. The first kappa shape index (κ1) is 19.2. The van der Waals surface area contributed by atoms with Crippen molar-refractivity contribution in [3.8, 4) is 0 Å². The van der Waals surface area contributed by atoms with Gasteiger partial charge in [-0.1, -0.05) is 11.6 Å². The summed E-state index contributed by atoms with van der Waals surface area (Å²) in [4.78, 5) is 35.4. The fraction of sp³-hybridized carbons (Fsp3) is 0.353.